The topological polar surface area (TPSA) is 56.7 Å². The van der Waals surface area contributed by atoms with Crippen LogP contribution in [0.15, 0.2) is 28.7 Å². The van der Waals surface area contributed by atoms with E-state index >= 15 is 0 Å². The molecule has 6 heteroatoms. The van der Waals surface area contributed by atoms with Crippen molar-refractivity contribution in [2.45, 2.75) is 34.6 Å². The number of aromatic nitrogens is 4. The number of fused-ring (bicyclic) bond motifs is 1. The molecular formula is C20H19IrN4O-. The molecule has 4 rings (SSSR count). The quantitative estimate of drug-likeness (QED) is 0.365. The SMILES string of the molecule is Cc1cc(C)c(-n2nc(C)nc2-c2[c-]ccc3oc(C)nc23)c(C)c1.[Ir]. The number of hydrogen-bond acceptors (Lipinski definition) is 4. The molecule has 0 aliphatic carbocycles. The Hall–Kier alpha value is -2.30. The number of rotatable bonds is 2. The molecule has 0 bridgehead atoms. The van der Waals surface area contributed by atoms with Gasteiger partial charge in [-0.05, 0) is 38.8 Å². The molecule has 2 heterocycles. The summed E-state index contributed by atoms with van der Waals surface area (Å²) in [5.74, 6) is 2.06. The van der Waals surface area contributed by atoms with Crippen LogP contribution in [-0.2, 0) is 20.1 Å². The van der Waals surface area contributed by atoms with Crippen molar-refractivity contribution in [1.82, 2.24) is 19.7 Å². The smallest absolute Gasteiger partial charge is 0.180 e. The fraction of sp³-hybridized carbons (Fsp3) is 0.250. The Balaban J connectivity index is 0.00000196. The summed E-state index contributed by atoms with van der Waals surface area (Å²) in [4.78, 5) is 9.17. The van der Waals surface area contributed by atoms with E-state index in [1.54, 1.807) is 0 Å². The molecule has 0 saturated heterocycles. The van der Waals surface area contributed by atoms with E-state index in [4.69, 9.17) is 4.42 Å². The summed E-state index contributed by atoms with van der Waals surface area (Å²) in [5, 5.41) is 4.65. The second-order valence-electron chi connectivity index (χ2n) is 6.44. The molecule has 0 atom stereocenters. The van der Waals surface area contributed by atoms with Crippen LogP contribution < -0.4 is 0 Å². The summed E-state index contributed by atoms with van der Waals surface area (Å²) >= 11 is 0. The van der Waals surface area contributed by atoms with E-state index in [1.165, 1.54) is 5.56 Å². The molecule has 0 amide bonds. The third-order valence-corrected chi connectivity index (χ3v) is 4.24. The zero-order valence-corrected chi connectivity index (χ0v) is 17.7. The summed E-state index contributed by atoms with van der Waals surface area (Å²) < 4.78 is 7.55. The molecule has 4 aromatic rings. The van der Waals surface area contributed by atoms with Gasteiger partial charge >= 0.3 is 0 Å². The monoisotopic (exact) mass is 524 g/mol. The average Bonchev–Trinajstić information content (AvgIpc) is 3.07. The van der Waals surface area contributed by atoms with Crippen LogP contribution in [0.5, 0.6) is 0 Å². The Bertz CT molecular complexity index is 1090. The van der Waals surface area contributed by atoms with E-state index < -0.39 is 0 Å². The van der Waals surface area contributed by atoms with Gasteiger partial charge in [-0.25, -0.2) is 0 Å². The largest absolute Gasteiger partial charge is 0.461 e. The second kappa shape index (κ2) is 6.78. The number of aryl methyl sites for hydroxylation is 5. The van der Waals surface area contributed by atoms with E-state index in [0.29, 0.717) is 11.7 Å². The van der Waals surface area contributed by atoms with E-state index in [0.717, 1.165) is 39.3 Å². The second-order valence-corrected chi connectivity index (χ2v) is 6.44. The number of oxazole rings is 1. The first-order chi connectivity index (χ1) is 11.9. The molecule has 2 aromatic carbocycles. The molecule has 0 saturated carbocycles. The van der Waals surface area contributed by atoms with Gasteiger partial charge in [-0.15, -0.1) is 12.1 Å². The Morgan fingerprint density at radius 1 is 1.00 bits per heavy atom. The summed E-state index contributed by atoms with van der Waals surface area (Å²) in [6.07, 6.45) is 0. The van der Waals surface area contributed by atoms with Gasteiger partial charge in [0, 0.05) is 32.5 Å². The summed E-state index contributed by atoms with van der Waals surface area (Å²) in [6.45, 7) is 10.0. The van der Waals surface area contributed by atoms with E-state index in [1.807, 2.05) is 30.7 Å². The average molecular weight is 524 g/mol. The van der Waals surface area contributed by atoms with E-state index in [2.05, 4.69) is 54.0 Å². The van der Waals surface area contributed by atoms with Crippen molar-refractivity contribution in [2.75, 3.05) is 0 Å². The third-order valence-electron chi connectivity index (χ3n) is 4.24. The predicted molar refractivity (Wildman–Crippen MR) is 96.9 cm³/mol. The summed E-state index contributed by atoms with van der Waals surface area (Å²) in [7, 11) is 0. The van der Waals surface area contributed by atoms with Crippen molar-refractivity contribution in [3.63, 3.8) is 0 Å². The fourth-order valence-electron chi connectivity index (χ4n) is 3.41. The maximum Gasteiger partial charge on any atom is 0.180 e. The van der Waals surface area contributed by atoms with Crippen molar-refractivity contribution in [2.24, 2.45) is 0 Å². The minimum Gasteiger partial charge on any atom is -0.461 e. The van der Waals surface area contributed by atoms with Crippen LogP contribution >= 0.6 is 0 Å². The van der Waals surface area contributed by atoms with Crippen molar-refractivity contribution >= 4 is 11.1 Å². The van der Waals surface area contributed by atoms with Crippen LogP contribution in [0.2, 0.25) is 0 Å². The molecule has 135 valence electrons. The number of nitrogens with zero attached hydrogens (tertiary/aromatic N) is 4. The van der Waals surface area contributed by atoms with Gasteiger partial charge in [-0.3, -0.25) is 14.6 Å². The third kappa shape index (κ3) is 3.00. The summed E-state index contributed by atoms with van der Waals surface area (Å²) in [6, 6.07) is 11.3. The first-order valence-corrected chi connectivity index (χ1v) is 8.24. The van der Waals surface area contributed by atoms with Gasteiger partial charge in [-0.1, -0.05) is 29.3 Å². The maximum atomic E-state index is 5.66. The van der Waals surface area contributed by atoms with Crippen LogP contribution in [0, 0.1) is 40.7 Å². The van der Waals surface area contributed by atoms with Gasteiger partial charge in [-0.2, -0.15) is 5.10 Å². The molecule has 0 aliphatic heterocycles. The van der Waals surface area contributed by atoms with Gasteiger partial charge in [0.1, 0.15) is 5.82 Å². The molecule has 0 spiro atoms. The molecule has 1 radical (unpaired) electrons. The van der Waals surface area contributed by atoms with Crippen LogP contribution in [0.25, 0.3) is 28.2 Å². The Kier molecular flexibility index (Phi) is 4.82. The number of benzene rings is 2. The van der Waals surface area contributed by atoms with Crippen molar-refractivity contribution in [1.29, 1.82) is 0 Å². The van der Waals surface area contributed by atoms with Gasteiger partial charge in [0.15, 0.2) is 5.89 Å². The molecule has 0 aliphatic rings. The van der Waals surface area contributed by atoms with E-state index in [-0.39, 0.29) is 20.1 Å². The molecule has 2 aromatic heterocycles. The Morgan fingerprint density at radius 2 is 1.69 bits per heavy atom. The summed E-state index contributed by atoms with van der Waals surface area (Å²) in [5.41, 5.74) is 6.89. The zero-order chi connectivity index (χ0) is 17.7. The van der Waals surface area contributed by atoms with Crippen molar-refractivity contribution < 1.29 is 24.5 Å². The normalized spacial score (nSPS) is 11.0. The fourth-order valence-corrected chi connectivity index (χ4v) is 3.41. The molecule has 0 N–H and O–H groups in total. The Labute approximate surface area is 165 Å². The van der Waals surface area contributed by atoms with Crippen molar-refractivity contribution in [3.05, 3.63) is 58.7 Å². The van der Waals surface area contributed by atoms with Crippen molar-refractivity contribution in [3.8, 4) is 17.1 Å². The molecule has 5 nitrogen and oxygen atoms in total. The van der Waals surface area contributed by atoms with E-state index in [9.17, 15) is 0 Å². The molecule has 0 unspecified atom stereocenters. The first kappa shape index (κ1) is 18.5. The van der Waals surface area contributed by atoms with Gasteiger partial charge in [0.25, 0.3) is 0 Å². The van der Waals surface area contributed by atoms with Crippen LogP contribution in [0.1, 0.15) is 28.4 Å². The maximum absolute atomic E-state index is 5.66. The molecule has 26 heavy (non-hydrogen) atoms. The first-order valence-electron chi connectivity index (χ1n) is 8.24. The molecular weight excluding hydrogens is 504 g/mol. The number of hydrogen-bond donors (Lipinski definition) is 0. The molecule has 0 fully saturated rings. The van der Waals surface area contributed by atoms with Gasteiger partial charge in [0.2, 0.25) is 0 Å². The standard InChI is InChI=1S/C20H19N4O.Ir/c1-11-9-12(2)19(13(3)10-11)24-20(21-14(4)23-24)16-7-6-8-17-18(16)22-15(5)25-17;/h6,8-10H,1-5H3;/q-1;. The van der Waals surface area contributed by atoms with Gasteiger partial charge in [0.05, 0.1) is 17.1 Å². The van der Waals surface area contributed by atoms with Gasteiger partial charge < -0.3 is 4.42 Å². The van der Waals surface area contributed by atoms with Crippen LogP contribution in [0.4, 0.5) is 0 Å². The Morgan fingerprint density at radius 3 is 2.38 bits per heavy atom. The predicted octanol–water partition coefficient (Wildman–Crippen LogP) is 4.42. The van der Waals surface area contributed by atoms with Crippen LogP contribution in [0.3, 0.4) is 0 Å². The van der Waals surface area contributed by atoms with Crippen LogP contribution in [-0.4, -0.2) is 19.7 Å². The minimum atomic E-state index is 0. The zero-order valence-electron chi connectivity index (χ0n) is 15.3. The minimum absolute atomic E-state index is 0.